The molecule has 3 heteroatoms. The third-order valence-corrected chi connectivity index (χ3v) is 3.25. The van der Waals surface area contributed by atoms with Crippen LogP contribution in [0.2, 0.25) is 0 Å². The fourth-order valence-electron chi connectivity index (χ4n) is 2.11. The highest BCUT2D eigenvalue weighted by Crippen LogP contribution is 2.18. The van der Waals surface area contributed by atoms with Gasteiger partial charge in [-0.15, -0.1) is 0 Å². The van der Waals surface area contributed by atoms with Crippen LogP contribution in [0.5, 0.6) is 0 Å². The Labute approximate surface area is 102 Å². The lowest BCUT2D eigenvalue weighted by Crippen LogP contribution is -2.39. The molecule has 0 bridgehead atoms. The molecule has 0 fully saturated rings. The average Bonchev–Trinajstić information content (AvgIpc) is 2.33. The summed E-state index contributed by atoms with van der Waals surface area (Å²) in [5, 5.41) is 0. The summed E-state index contributed by atoms with van der Waals surface area (Å²) in [6.45, 7) is 3.70. The third kappa shape index (κ3) is 2.94. The van der Waals surface area contributed by atoms with Crippen LogP contribution in [0.1, 0.15) is 18.9 Å². The molecule has 1 aliphatic rings. The van der Waals surface area contributed by atoms with Gasteiger partial charge in [-0.1, -0.05) is 36.4 Å². The Morgan fingerprint density at radius 2 is 2.12 bits per heavy atom. The van der Waals surface area contributed by atoms with Crippen LogP contribution in [-0.4, -0.2) is 23.4 Å². The second-order valence-corrected chi connectivity index (χ2v) is 4.57. The lowest BCUT2D eigenvalue weighted by atomic mass is 10.0. The van der Waals surface area contributed by atoms with Crippen LogP contribution in [0.25, 0.3) is 0 Å². The van der Waals surface area contributed by atoms with E-state index in [1.165, 1.54) is 5.56 Å². The molecular formula is C14H18N2O. The quantitative estimate of drug-likeness (QED) is 0.859. The Bertz CT molecular complexity index is 425. The Kier molecular flexibility index (Phi) is 3.59. The van der Waals surface area contributed by atoms with Crippen LogP contribution in [0.3, 0.4) is 0 Å². The van der Waals surface area contributed by atoms with E-state index in [0.29, 0.717) is 12.6 Å². The molecule has 1 amide bonds. The highest BCUT2D eigenvalue weighted by atomic mass is 16.1. The average molecular weight is 230 g/mol. The first-order valence-electron chi connectivity index (χ1n) is 5.93. The number of hydrogen-bond donors (Lipinski definition) is 1. The molecular weight excluding hydrogens is 212 g/mol. The van der Waals surface area contributed by atoms with Gasteiger partial charge in [0.1, 0.15) is 0 Å². The first-order chi connectivity index (χ1) is 8.16. The number of carbonyl (C=O) groups excluding carboxylic acids is 1. The van der Waals surface area contributed by atoms with Gasteiger partial charge in [-0.2, -0.15) is 0 Å². The van der Waals surface area contributed by atoms with Crippen molar-refractivity contribution in [2.75, 3.05) is 6.54 Å². The van der Waals surface area contributed by atoms with Gasteiger partial charge in [-0.3, -0.25) is 9.69 Å². The zero-order chi connectivity index (χ0) is 12.3. The minimum Gasteiger partial charge on any atom is -0.366 e. The zero-order valence-electron chi connectivity index (χ0n) is 10.1. The minimum atomic E-state index is -0.296. The minimum absolute atomic E-state index is 0.296. The Balaban J connectivity index is 2.06. The molecule has 2 rings (SSSR count). The number of nitrogens with two attached hydrogens (primary N) is 1. The van der Waals surface area contributed by atoms with Crippen molar-refractivity contribution in [1.82, 2.24) is 4.90 Å². The van der Waals surface area contributed by atoms with Gasteiger partial charge in [0.25, 0.3) is 0 Å². The monoisotopic (exact) mass is 230 g/mol. The fraction of sp³-hybridized carbons (Fsp3) is 0.357. The maximum Gasteiger partial charge on any atom is 0.245 e. The summed E-state index contributed by atoms with van der Waals surface area (Å²) in [4.78, 5) is 13.5. The van der Waals surface area contributed by atoms with Crippen LogP contribution in [0, 0.1) is 0 Å². The smallest absolute Gasteiger partial charge is 0.245 e. The van der Waals surface area contributed by atoms with Crippen molar-refractivity contribution in [3.8, 4) is 0 Å². The number of primary amides is 1. The second kappa shape index (κ2) is 5.15. The standard InChI is InChI=1S/C14H18N2O/c1-11-7-8-13(14(15)17)10-16(11)9-12-5-3-2-4-6-12/h2-6,8,11H,7,9-10H2,1H3,(H2,15,17). The van der Waals surface area contributed by atoms with Gasteiger partial charge >= 0.3 is 0 Å². The van der Waals surface area contributed by atoms with Gasteiger partial charge in [0.2, 0.25) is 5.91 Å². The van der Waals surface area contributed by atoms with Crippen LogP contribution in [0.15, 0.2) is 42.0 Å². The lowest BCUT2D eigenvalue weighted by Gasteiger charge is -2.32. The molecule has 0 aromatic heterocycles. The molecule has 90 valence electrons. The molecule has 1 aliphatic heterocycles. The number of benzene rings is 1. The van der Waals surface area contributed by atoms with Crippen LogP contribution in [0.4, 0.5) is 0 Å². The number of nitrogens with zero attached hydrogens (tertiary/aromatic N) is 1. The normalized spacial score (nSPS) is 21.0. The highest BCUT2D eigenvalue weighted by molar-refractivity contribution is 5.92. The van der Waals surface area contributed by atoms with E-state index >= 15 is 0 Å². The largest absolute Gasteiger partial charge is 0.366 e. The molecule has 2 N–H and O–H groups in total. The van der Waals surface area contributed by atoms with Gasteiger partial charge < -0.3 is 5.73 Å². The van der Waals surface area contributed by atoms with Gasteiger partial charge in [0.05, 0.1) is 0 Å². The zero-order valence-corrected chi connectivity index (χ0v) is 10.1. The van der Waals surface area contributed by atoms with Crippen LogP contribution >= 0.6 is 0 Å². The molecule has 0 radical (unpaired) electrons. The SMILES string of the molecule is CC1CC=C(C(N)=O)CN1Cc1ccccc1. The maximum absolute atomic E-state index is 11.2. The molecule has 0 saturated carbocycles. The van der Waals surface area contributed by atoms with E-state index in [4.69, 9.17) is 5.73 Å². The van der Waals surface area contributed by atoms with E-state index in [1.807, 2.05) is 24.3 Å². The molecule has 1 aromatic rings. The predicted molar refractivity (Wildman–Crippen MR) is 68.2 cm³/mol. The van der Waals surface area contributed by atoms with Gasteiger partial charge in [-0.05, 0) is 18.9 Å². The predicted octanol–water partition coefficient (Wildman–Crippen LogP) is 1.69. The summed E-state index contributed by atoms with van der Waals surface area (Å²) in [5.74, 6) is -0.296. The van der Waals surface area contributed by atoms with Crippen LogP contribution < -0.4 is 5.73 Å². The topological polar surface area (TPSA) is 46.3 Å². The van der Waals surface area contributed by atoms with Crippen molar-refractivity contribution in [3.05, 3.63) is 47.5 Å². The number of carbonyl (C=O) groups is 1. The first-order valence-corrected chi connectivity index (χ1v) is 5.93. The van der Waals surface area contributed by atoms with Crippen molar-refractivity contribution in [2.24, 2.45) is 5.73 Å². The van der Waals surface area contributed by atoms with Gasteiger partial charge in [0.15, 0.2) is 0 Å². The number of amides is 1. The number of hydrogen-bond acceptors (Lipinski definition) is 2. The van der Waals surface area contributed by atoms with Crippen molar-refractivity contribution >= 4 is 5.91 Å². The Morgan fingerprint density at radius 1 is 1.41 bits per heavy atom. The summed E-state index contributed by atoms with van der Waals surface area (Å²) < 4.78 is 0. The van der Waals surface area contributed by atoms with Gasteiger partial charge in [0, 0.05) is 24.7 Å². The third-order valence-electron chi connectivity index (χ3n) is 3.25. The van der Waals surface area contributed by atoms with E-state index in [9.17, 15) is 4.79 Å². The van der Waals surface area contributed by atoms with Crippen molar-refractivity contribution in [1.29, 1.82) is 0 Å². The van der Waals surface area contributed by atoms with E-state index in [-0.39, 0.29) is 5.91 Å². The van der Waals surface area contributed by atoms with Crippen molar-refractivity contribution < 1.29 is 4.79 Å². The fourth-order valence-corrected chi connectivity index (χ4v) is 2.11. The first kappa shape index (κ1) is 11.9. The summed E-state index contributed by atoms with van der Waals surface area (Å²) in [5.41, 5.74) is 7.34. The van der Waals surface area contributed by atoms with Crippen molar-refractivity contribution in [3.63, 3.8) is 0 Å². The van der Waals surface area contributed by atoms with Gasteiger partial charge in [-0.25, -0.2) is 0 Å². The van der Waals surface area contributed by atoms with E-state index in [1.54, 1.807) is 0 Å². The molecule has 1 aromatic carbocycles. The van der Waals surface area contributed by atoms with E-state index < -0.39 is 0 Å². The molecule has 0 saturated heterocycles. The number of rotatable bonds is 3. The van der Waals surface area contributed by atoms with Crippen molar-refractivity contribution in [2.45, 2.75) is 25.9 Å². The molecule has 3 nitrogen and oxygen atoms in total. The summed E-state index contributed by atoms with van der Waals surface area (Å²) in [6.07, 6.45) is 2.86. The van der Waals surface area contributed by atoms with E-state index in [0.717, 1.165) is 18.5 Å². The second-order valence-electron chi connectivity index (χ2n) is 4.57. The Morgan fingerprint density at radius 3 is 2.76 bits per heavy atom. The molecule has 0 spiro atoms. The summed E-state index contributed by atoms with van der Waals surface area (Å²) in [7, 11) is 0. The molecule has 0 aliphatic carbocycles. The molecule has 1 unspecified atom stereocenters. The summed E-state index contributed by atoms with van der Waals surface area (Å²) >= 11 is 0. The lowest BCUT2D eigenvalue weighted by molar-refractivity contribution is -0.115. The van der Waals surface area contributed by atoms with Crippen LogP contribution in [-0.2, 0) is 11.3 Å². The molecule has 1 atom stereocenters. The summed E-state index contributed by atoms with van der Waals surface area (Å²) in [6, 6.07) is 10.8. The highest BCUT2D eigenvalue weighted by Gasteiger charge is 2.21. The maximum atomic E-state index is 11.2. The Hall–Kier alpha value is -1.61. The molecule has 1 heterocycles. The van der Waals surface area contributed by atoms with E-state index in [2.05, 4.69) is 24.0 Å². The molecule has 17 heavy (non-hydrogen) atoms.